The number of hydrogen-bond acceptors (Lipinski definition) is 4. The summed E-state index contributed by atoms with van der Waals surface area (Å²) in [7, 11) is -0.817. The van der Waals surface area contributed by atoms with Crippen molar-refractivity contribution < 1.29 is 9.00 Å². The number of nitrogens with one attached hydrogen (secondary N) is 1. The quantitative estimate of drug-likeness (QED) is 0.857. The van der Waals surface area contributed by atoms with Crippen molar-refractivity contribution in [1.29, 1.82) is 0 Å². The third-order valence-corrected chi connectivity index (χ3v) is 5.53. The van der Waals surface area contributed by atoms with Crippen LogP contribution in [0.3, 0.4) is 0 Å². The molecule has 0 bridgehead atoms. The molecule has 2 amide bonds. The van der Waals surface area contributed by atoms with Crippen LogP contribution < -0.4 is 5.32 Å². The van der Waals surface area contributed by atoms with Gasteiger partial charge in [-0.1, -0.05) is 6.92 Å². The van der Waals surface area contributed by atoms with Crippen LogP contribution in [0, 0.1) is 6.92 Å². The highest BCUT2D eigenvalue weighted by Gasteiger charge is 2.22. The summed E-state index contributed by atoms with van der Waals surface area (Å²) < 4.78 is 11.7. The number of amides is 2. The normalized spacial score (nSPS) is 24.7. The second-order valence-electron chi connectivity index (χ2n) is 4.40. The molecule has 2 unspecified atom stereocenters. The van der Waals surface area contributed by atoms with E-state index in [2.05, 4.69) is 10.3 Å². The molecule has 1 N–H and O–H groups in total. The lowest BCUT2D eigenvalue weighted by Crippen LogP contribution is -2.36. The van der Waals surface area contributed by atoms with Crippen molar-refractivity contribution in [1.82, 2.24) is 9.88 Å². The van der Waals surface area contributed by atoms with Gasteiger partial charge < -0.3 is 4.90 Å². The van der Waals surface area contributed by atoms with Gasteiger partial charge in [0.25, 0.3) is 0 Å². The predicted octanol–water partition coefficient (Wildman–Crippen LogP) is 1.83. The van der Waals surface area contributed by atoms with Gasteiger partial charge in [-0.05, 0) is 13.3 Å². The molecule has 0 spiro atoms. The van der Waals surface area contributed by atoms with E-state index in [1.165, 1.54) is 11.3 Å². The molecule has 2 atom stereocenters. The Morgan fingerprint density at radius 3 is 3.06 bits per heavy atom. The van der Waals surface area contributed by atoms with Crippen molar-refractivity contribution in [2.45, 2.75) is 25.5 Å². The van der Waals surface area contributed by atoms with Gasteiger partial charge in [-0.3, -0.25) is 9.53 Å². The number of hydrogen-bond donors (Lipinski definition) is 1. The lowest BCUT2D eigenvalue weighted by Gasteiger charge is -2.19. The number of urea groups is 1. The molecule has 2 rings (SSSR count). The van der Waals surface area contributed by atoms with Crippen molar-refractivity contribution in [3.63, 3.8) is 0 Å². The summed E-state index contributed by atoms with van der Waals surface area (Å²) in [5.74, 6) is 0.561. The summed E-state index contributed by atoms with van der Waals surface area (Å²) in [4.78, 5) is 17.9. The molecule has 18 heavy (non-hydrogen) atoms. The summed E-state index contributed by atoms with van der Waals surface area (Å²) in [5.41, 5.74) is 0.904. The highest BCUT2D eigenvalue weighted by atomic mass is 32.2. The minimum atomic E-state index is -0.817. The van der Waals surface area contributed by atoms with Crippen LogP contribution in [0.2, 0.25) is 0 Å². The summed E-state index contributed by atoms with van der Waals surface area (Å²) in [6, 6.07) is -0.143. The number of aryl methyl sites for hydroxylation is 1. The molecule has 1 fully saturated rings. The van der Waals surface area contributed by atoms with Gasteiger partial charge >= 0.3 is 6.03 Å². The SMILES string of the molecule is Cc1csc(NC(=O)N2CCC(C)S(=O)CC2)n1. The second-order valence-corrected chi connectivity index (χ2v) is 7.23. The smallest absolute Gasteiger partial charge is 0.323 e. The van der Waals surface area contributed by atoms with Crippen LogP contribution in [0.5, 0.6) is 0 Å². The standard InChI is InChI=1S/C11H17N3O2S2/c1-8-7-17-10(12-8)13-11(15)14-4-3-9(2)18(16)6-5-14/h7,9H,3-6H2,1-2H3,(H,12,13,15). The zero-order valence-corrected chi connectivity index (χ0v) is 12.1. The topological polar surface area (TPSA) is 62.3 Å². The fourth-order valence-corrected chi connectivity index (χ4v) is 3.62. The van der Waals surface area contributed by atoms with Crippen molar-refractivity contribution in [2.24, 2.45) is 0 Å². The van der Waals surface area contributed by atoms with Gasteiger partial charge in [0.15, 0.2) is 5.13 Å². The number of anilines is 1. The maximum Gasteiger partial charge on any atom is 0.323 e. The summed E-state index contributed by atoms with van der Waals surface area (Å²) in [6.07, 6.45) is 0.789. The lowest BCUT2D eigenvalue weighted by molar-refractivity contribution is 0.215. The van der Waals surface area contributed by atoms with E-state index in [1.807, 2.05) is 19.2 Å². The van der Waals surface area contributed by atoms with E-state index in [4.69, 9.17) is 0 Å². The molecule has 0 aliphatic carbocycles. The first-order chi connectivity index (χ1) is 8.56. The first-order valence-electron chi connectivity index (χ1n) is 5.91. The Hall–Kier alpha value is -0.950. The molecular formula is C11H17N3O2S2. The van der Waals surface area contributed by atoms with Crippen LogP contribution in [0.15, 0.2) is 5.38 Å². The molecule has 0 aromatic carbocycles. The Morgan fingerprint density at radius 1 is 1.61 bits per heavy atom. The van der Waals surface area contributed by atoms with Gasteiger partial charge in [-0.15, -0.1) is 11.3 Å². The number of nitrogens with zero attached hydrogens (tertiary/aromatic N) is 2. The molecule has 1 aromatic rings. The molecule has 1 aromatic heterocycles. The van der Waals surface area contributed by atoms with E-state index in [1.54, 1.807) is 4.90 Å². The molecule has 2 heterocycles. The van der Waals surface area contributed by atoms with E-state index in [-0.39, 0.29) is 11.3 Å². The maximum atomic E-state index is 12.0. The van der Waals surface area contributed by atoms with E-state index < -0.39 is 10.8 Å². The van der Waals surface area contributed by atoms with Crippen LogP contribution >= 0.6 is 11.3 Å². The molecule has 5 nitrogen and oxygen atoms in total. The number of carbonyl (C=O) groups is 1. The Labute approximate surface area is 113 Å². The van der Waals surface area contributed by atoms with Crippen LogP contribution in [0.25, 0.3) is 0 Å². The average molecular weight is 287 g/mol. The first-order valence-corrected chi connectivity index (χ1v) is 8.17. The van der Waals surface area contributed by atoms with Gasteiger partial charge in [0.2, 0.25) is 0 Å². The summed E-state index contributed by atoms with van der Waals surface area (Å²) in [6.45, 7) is 5.07. The Bertz CT molecular complexity index is 461. The molecule has 1 saturated heterocycles. The molecular weight excluding hydrogens is 270 g/mol. The molecule has 100 valence electrons. The van der Waals surface area contributed by atoms with E-state index in [0.717, 1.165) is 12.1 Å². The largest absolute Gasteiger partial charge is 0.324 e. The molecule has 1 aliphatic heterocycles. The van der Waals surface area contributed by atoms with E-state index in [0.29, 0.717) is 24.0 Å². The fourth-order valence-electron chi connectivity index (χ4n) is 1.77. The van der Waals surface area contributed by atoms with Crippen molar-refractivity contribution in [2.75, 3.05) is 24.2 Å². The lowest BCUT2D eigenvalue weighted by atomic mass is 10.3. The van der Waals surface area contributed by atoms with Crippen LogP contribution in [0.1, 0.15) is 19.0 Å². The monoisotopic (exact) mass is 287 g/mol. The number of rotatable bonds is 1. The number of aromatic nitrogens is 1. The van der Waals surface area contributed by atoms with E-state index >= 15 is 0 Å². The highest BCUT2D eigenvalue weighted by Crippen LogP contribution is 2.16. The average Bonchev–Trinajstić information content (AvgIpc) is 2.65. The molecule has 0 radical (unpaired) electrons. The van der Waals surface area contributed by atoms with Crippen LogP contribution in [0.4, 0.5) is 9.93 Å². The van der Waals surface area contributed by atoms with Gasteiger partial charge in [-0.2, -0.15) is 0 Å². The maximum absolute atomic E-state index is 12.0. The third-order valence-electron chi connectivity index (χ3n) is 2.94. The van der Waals surface area contributed by atoms with Gasteiger partial charge in [0, 0.05) is 40.3 Å². The van der Waals surface area contributed by atoms with Gasteiger partial charge in [0.05, 0.1) is 5.69 Å². The van der Waals surface area contributed by atoms with Crippen LogP contribution in [-0.4, -0.2) is 44.2 Å². The Kier molecular flexibility index (Phi) is 4.34. The predicted molar refractivity (Wildman–Crippen MR) is 74.5 cm³/mol. The summed E-state index contributed by atoms with van der Waals surface area (Å²) >= 11 is 1.42. The molecule has 1 aliphatic rings. The zero-order valence-electron chi connectivity index (χ0n) is 10.5. The molecule has 7 heteroatoms. The number of carbonyl (C=O) groups excluding carboxylic acids is 1. The molecule has 0 saturated carbocycles. The summed E-state index contributed by atoms with van der Waals surface area (Å²) in [5, 5.41) is 5.48. The van der Waals surface area contributed by atoms with Crippen molar-refractivity contribution in [3.8, 4) is 0 Å². The second kappa shape index (κ2) is 5.79. The van der Waals surface area contributed by atoms with Crippen molar-refractivity contribution in [3.05, 3.63) is 11.1 Å². The number of thiazole rings is 1. The minimum Gasteiger partial charge on any atom is -0.324 e. The van der Waals surface area contributed by atoms with Crippen LogP contribution in [-0.2, 0) is 10.8 Å². The fraction of sp³-hybridized carbons (Fsp3) is 0.636. The highest BCUT2D eigenvalue weighted by molar-refractivity contribution is 7.85. The van der Waals surface area contributed by atoms with Crippen molar-refractivity contribution >= 4 is 33.3 Å². The minimum absolute atomic E-state index is 0.143. The Morgan fingerprint density at radius 2 is 2.39 bits per heavy atom. The van der Waals surface area contributed by atoms with E-state index in [9.17, 15) is 9.00 Å². The Balaban J connectivity index is 1.95. The zero-order chi connectivity index (χ0) is 13.1. The van der Waals surface area contributed by atoms with Gasteiger partial charge in [-0.25, -0.2) is 9.78 Å². The first kappa shape index (κ1) is 13.5. The van der Waals surface area contributed by atoms with Gasteiger partial charge in [0.1, 0.15) is 0 Å². The third kappa shape index (κ3) is 3.29.